The lowest BCUT2D eigenvalue weighted by molar-refractivity contribution is -0.140. The molecule has 0 amide bonds. The van der Waals surface area contributed by atoms with Gasteiger partial charge in [0.05, 0.1) is 25.9 Å². The molecule has 5 nitrogen and oxygen atoms in total. The lowest BCUT2D eigenvalue weighted by atomic mass is 10.3. The van der Waals surface area contributed by atoms with Gasteiger partial charge in [-0.05, 0) is 6.92 Å². The van der Waals surface area contributed by atoms with Crippen LogP contribution in [0.5, 0.6) is 0 Å². The van der Waals surface area contributed by atoms with Crippen LogP contribution in [0, 0.1) is 0 Å². The van der Waals surface area contributed by atoms with E-state index in [1.807, 2.05) is 6.92 Å². The molecule has 0 radical (unpaired) electrons. The van der Waals surface area contributed by atoms with Crippen LogP contribution in [-0.4, -0.2) is 44.8 Å². The highest BCUT2D eigenvalue weighted by molar-refractivity contribution is 5.81. The smallest absolute Gasteiger partial charge is 0.330 e. The Labute approximate surface area is 95.3 Å². The molecule has 0 spiro atoms. The van der Waals surface area contributed by atoms with E-state index in [-0.39, 0.29) is 19.0 Å². The molecule has 0 aromatic heterocycles. The molecule has 0 bridgehead atoms. The zero-order chi connectivity index (χ0) is 11.8. The molecule has 0 aliphatic carbocycles. The van der Waals surface area contributed by atoms with Crippen LogP contribution in [0.25, 0.3) is 0 Å². The Hall–Kier alpha value is -0.910. The van der Waals surface area contributed by atoms with E-state index in [0.29, 0.717) is 26.2 Å². The molecule has 16 heavy (non-hydrogen) atoms. The number of hydrogen-bond donors (Lipinski definition) is 0. The van der Waals surface area contributed by atoms with E-state index in [2.05, 4.69) is 6.58 Å². The number of hydrogen-bond acceptors (Lipinski definition) is 5. The van der Waals surface area contributed by atoms with Gasteiger partial charge in [-0.2, -0.15) is 0 Å². The summed E-state index contributed by atoms with van der Waals surface area (Å²) in [5, 5.41) is 0. The van der Waals surface area contributed by atoms with E-state index in [4.69, 9.17) is 18.9 Å². The van der Waals surface area contributed by atoms with Gasteiger partial charge in [0.25, 0.3) is 0 Å². The monoisotopic (exact) mass is 230 g/mol. The minimum atomic E-state index is -0.432. The standard InChI is InChI=1S/C11H18O5/c1-3-10(12)14-5-4-13-9(2)8-11-15-6-7-16-11/h3,9,11H,1,4-8H2,2H3. The number of carbonyl (C=O) groups is 1. The first-order valence-electron chi connectivity index (χ1n) is 5.36. The zero-order valence-electron chi connectivity index (χ0n) is 9.52. The van der Waals surface area contributed by atoms with Crippen LogP contribution in [-0.2, 0) is 23.7 Å². The average Bonchev–Trinajstić information content (AvgIpc) is 2.76. The number of esters is 1. The second-order valence-corrected chi connectivity index (χ2v) is 3.46. The molecule has 92 valence electrons. The third-order valence-corrected chi connectivity index (χ3v) is 2.11. The van der Waals surface area contributed by atoms with Gasteiger partial charge in [0.2, 0.25) is 0 Å². The fourth-order valence-corrected chi connectivity index (χ4v) is 1.33. The quantitative estimate of drug-likeness (QED) is 0.369. The fourth-order valence-electron chi connectivity index (χ4n) is 1.33. The van der Waals surface area contributed by atoms with Crippen LogP contribution in [0.15, 0.2) is 12.7 Å². The summed E-state index contributed by atoms with van der Waals surface area (Å²) >= 11 is 0. The van der Waals surface area contributed by atoms with Gasteiger partial charge in [-0.15, -0.1) is 0 Å². The summed E-state index contributed by atoms with van der Waals surface area (Å²) in [5.74, 6) is -0.432. The first-order valence-corrected chi connectivity index (χ1v) is 5.36. The molecule has 1 unspecified atom stereocenters. The van der Waals surface area contributed by atoms with Crippen LogP contribution < -0.4 is 0 Å². The Bertz CT molecular complexity index is 222. The van der Waals surface area contributed by atoms with Gasteiger partial charge in [-0.3, -0.25) is 0 Å². The number of ether oxygens (including phenoxy) is 4. The van der Waals surface area contributed by atoms with Crippen molar-refractivity contribution in [3.63, 3.8) is 0 Å². The second-order valence-electron chi connectivity index (χ2n) is 3.46. The highest BCUT2D eigenvalue weighted by atomic mass is 16.7. The molecule has 1 heterocycles. The van der Waals surface area contributed by atoms with Crippen molar-refractivity contribution in [2.24, 2.45) is 0 Å². The third-order valence-electron chi connectivity index (χ3n) is 2.11. The topological polar surface area (TPSA) is 54.0 Å². The van der Waals surface area contributed by atoms with E-state index >= 15 is 0 Å². The average molecular weight is 230 g/mol. The molecule has 1 fully saturated rings. The molecule has 0 N–H and O–H groups in total. The molecule has 1 saturated heterocycles. The van der Waals surface area contributed by atoms with Gasteiger partial charge in [-0.25, -0.2) is 4.79 Å². The third kappa shape index (κ3) is 5.25. The van der Waals surface area contributed by atoms with Crippen molar-refractivity contribution in [2.75, 3.05) is 26.4 Å². The van der Waals surface area contributed by atoms with Crippen LogP contribution in [0.3, 0.4) is 0 Å². The van der Waals surface area contributed by atoms with Gasteiger partial charge in [0.1, 0.15) is 6.61 Å². The van der Waals surface area contributed by atoms with E-state index in [1.165, 1.54) is 0 Å². The van der Waals surface area contributed by atoms with E-state index in [1.54, 1.807) is 0 Å². The molecule has 0 aromatic carbocycles. The van der Waals surface area contributed by atoms with E-state index in [9.17, 15) is 4.79 Å². The van der Waals surface area contributed by atoms with Crippen molar-refractivity contribution in [2.45, 2.75) is 25.7 Å². The summed E-state index contributed by atoms with van der Waals surface area (Å²) in [6, 6.07) is 0. The Kier molecular flexibility index (Phi) is 6.07. The van der Waals surface area contributed by atoms with Crippen LogP contribution in [0.2, 0.25) is 0 Å². The molecule has 1 aliphatic heterocycles. The first kappa shape index (κ1) is 13.2. The summed E-state index contributed by atoms with van der Waals surface area (Å²) in [6.07, 6.45) is 1.68. The Morgan fingerprint density at radius 2 is 2.19 bits per heavy atom. The maximum Gasteiger partial charge on any atom is 0.330 e. The number of rotatable bonds is 7. The molecule has 1 aliphatic rings. The van der Waals surface area contributed by atoms with Crippen molar-refractivity contribution in [1.29, 1.82) is 0 Å². The van der Waals surface area contributed by atoms with Crippen molar-refractivity contribution in [3.8, 4) is 0 Å². The summed E-state index contributed by atoms with van der Waals surface area (Å²) in [6.45, 7) is 7.13. The first-order chi connectivity index (χ1) is 7.72. The normalized spacial score (nSPS) is 18.3. The highest BCUT2D eigenvalue weighted by Crippen LogP contribution is 2.11. The van der Waals surface area contributed by atoms with Crippen molar-refractivity contribution in [3.05, 3.63) is 12.7 Å². The maximum atomic E-state index is 10.7. The zero-order valence-corrected chi connectivity index (χ0v) is 9.52. The summed E-state index contributed by atoms with van der Waals surface area (Å²) in [5.41, 5.74) is 0. The Morgan fingerprint density at radius 3 is 2.81 bits per heavy atom. The van der Waals surface area contributed by atoms with Gasteiger partial charge < -0.3 is 18.9 Å². The van der Waals surface area contributed by atoms with E-state index in [0.717, 1.165) is 6.08 Å². The summed E-state index contributed by atoms with van der Waals surface area (Å²) < 4.78 is 20.8. The maximum absolute atomic E-state index is 10.7. The van der Waals surface area contributed by atoms with Gasteiger partial charge in [0, 0.05) is 12.5 Å². The summed E-state index contributed by atoms with van der Waals surface area (Å²) in [4.78, 5) is 10.7. The van der Waals surface area contributed by atoms with Gasteiger partial charge in [0.15, 0.2) is 6.29 Å². The molecule has 5 heteroatoms. The lowest BCUT2D eigenvalue weighted by Crippen LogP contribution is -2.21. The van der Waals surface area contributed by atoms with E-state index < -0.39 is 5.97 Å². The largest absolute Gasteiger partial charge is 0.460 e. The van der Waals surface area contributed by atoms with Gasteiger partial charge in [-0.1, -0.05) is 6.58 Å². The van der Waals surface area contributed by atoms with Gasteiger partial charge >= 0.3 is 5.97 Å². The minimum absolute atomic E-state index is 0.0190. The van der Waals surface area contributed by atoms with Crippen LogP contribution >= 0.6 is 0 Å². The SMILES string of the molecule is C=CC(=O)OCCOC(C)CC1OCCO1. The lowest BCUT2D eigenvalue weighted by Gasteiger charge is -2.16. The fraction of sp³-hybridized carbons (Fsp3) is 0.727. The predicted octanol–water partition coefficient (Wildman–Crippen LogP) is 0.884. The van der Waals surface area contributed by atoms with Crippen molar-refractivity contribution < 1.29 is 23.7 Å². The molecular formula is C11H18O5. The molecule has 0 aromatic rings. The van der Waals surface area contributed by atoms with Crippen molar-refractivity contribution >= 4 is 5.97 Å². The minimum Gasteiger partial charge on any atom is -0.460 e. The predicted molar refractivity (Wildman–Crippen MR) is 56.9 cm³/mol. The molecular weight excluding hydrogens is 212 g/mol. The summed E-state index contributed by atoms with van der Waals surface area (Å²) in [7, 11) is 0. The number of carbonyl (C=O) groups excluding carboxylic acids is 1. The molecule has 1 atom stereocenters. The van der Waals surface area contributed by atoms with Crippen LogP contribution in [0.4, 0.5) is 0 Å². The Morgan fingerprint density at radius 1 is 1.50 bits per heavy atom. The highest BCUT2D eigenvalue weighted by Gasteiger charge is 2.19. The van der Waals surface area contributed by atoms with Crippen LogP contribution in [0.1, 0.15) is 13.3 Å². The van der Waals surface area contributed by atoms with Crippen molar-refractivity contribution in [1.82, 2.24) is 0 Å². The molecule has 0 saturated carbocycles. The second kappa shape index (κ2) is 7.38. The Balaban J connectivity index is 1.99. The molecule has 1 rings (SSSR count).